The lowest BCUT2D eigenvalue weighted by Gasteiger charge is -2.59. The maximum absolute atomic E-state index is 2.56. The van der Waals surface area contributed by atoms with Gasteiger partial charge in [-0.2, -0.15) is 0 Å². The minimum atomic E-state index is 0.413. The van der Waals surface area contributed by atoms with Crippen LogP contribution in [-0.4, -0.2) is 4.57 Å². The van der Waals surface area contributed by atoms with Crippen LogP contribution in [0.4, 0.5) is 17.1 Å². The van der Waals surface area contributed by atoms with Crippen molar-refractivity contribution in [1.29, 1.82) is 0 Å². The number of anilines is 3. The van der Waals surface area contributed by atoms with E-state index < -0.39 is 0 Å². The predicted octanol–water partition coefficient (Wildman–Crippen LogP) is 13.2. The number of hydrogen-bond acceptors (Lipinski definition) is 1. The van der Waals surface area contributed by atoms with E-state index in [0.717, 1.165) is 35.5 Å². The quantitative estimate of drug-likeness (QED) is 0.169. The number of benzene rings is 5. The summed E-state index contributed by atoms with van der Waals surface area (Å²) in [5.41, 5.74) is 12.2. The van der Waals surface area contributed by atoms with Gasteiger partial charge in [0.2, 0.25) is 0 Å². The summed E-state index contributed by atoms with van der Waals surface area (Å²) in [6.07, 6.45) is 17.7. The Balaban J connectivity index is 0.935. The fraction of sp³-hybridized carbons (Fsp3) is 0.412. The van der Waals surface area contributed by atoms with Crippen molar-refractivity contribution in [3.05, 3.63) is 132 Å². The fourth-order valence-electron chi connectivity index (χ4n) is 15.7. The summed E-state index contributed by atoms with van der Waals surface area (Å²) in [5, 5.41) is 2.61. The molecule has 0 N–H and O–H groups in total. The molecule has 6 aromatic rings. The summed E-state index contributed by atoms with van der Waals surface area (Å²) in [7, 11) is 0. The monoisotopic (exact) mass is 690 g/mol. The van der Waals surface area contributed by atoms with E-state index in [2.05, 4.69) is 131 Å². The molecule has 14 rings (SSSR count). The minimum Gasteiger partial charge on any atom is -0.310 e. The van der Waals surface area contributed by atoms with Gasteiger partial charge < -0.3 is 9.47 Å². The van der Waals surface area contributed by atoms with Gasteiger partial charge in [0.1, 0.15) is 0 Å². The van der Waals surface area contributed by atoms with Gasteiger partial charge in [-0.1, -0.05) is 60.7 Å². The second-order valence-corrected chi connectivity index (χ2v) is 19.5. The van der Waals surface area contributed by atoms with E-state index in [0.29, 0.717) is 16.2 Å². The molecule has 8 fully saturated rings. The summed E-state index contributed by atoms with van der Waals surface area (Å²) >= 11 is 0. The molecule has 0 saturated heterocycles. The molecule has 264 valence electrons. The Hall–Kier alpha value is -4.30. The Morgan fingerprint density at radius 3 is 1.77 bits per heavy atom. The second-order valence-electron chi connectivity index (χ2n) is 19.5. The molecule has 2 nitrogen and oxygen atoms in total. The number of aromatic nitrogens is 1. The van der Waals surface area contributed by atoms with Crippen LogP contribution in [0, 0.1) is 40.9 Å². The Kier molecular flexibility index (Phi) is 5.94. The van der Waals surface area contributed by atoms with E-state index in [9.17, 15) is 0 Å². The van der Waals surface area contributed by atoms with Crippen LogP contribution in [0.1, 0.15) is 88.2 Å². The van der Waals surface area contributed by atoms with Crippen LogP contribution < -0.4 is 4.90 Å². The van der Waals surface area contributed by atoms with Crippen LogP contribution in [0.5, 0.6) is 0 Å². The summed E-state index contributed by atoms with van der Waals surface area (Å²) in [6.45, 7) is 0. The number of nitrogens with zero attached hydrogens (tertiary/aromatic N) is 2. The molecule has 5 aromatic carbocycles. The topological polar surface area (TPSA) is 8.17 Å². The van der Waals surface area contributed by atoms with Crippen molar-refractivity contribution in [2.75, 3.05) is 4.90 Å². The number of para-hydroxylation sites is 2. The van der Waals surface area contributed by atoms with Gasteiger partial charge in [-0.3, -0.25) is 0 Å². The molecule has 8 saturated carbocycles. The lowest BCUT2D eigenvalue weighted by atomic mass is 9.44. The zero-order chi connectivity index (χ0) is 34.5. The summed E-state index contributed by atoms with van der Waals surface area (Å²) in [6, 6.07) is 47.1. The zero-order valence-electron chi connectivity index (χ0n) is 30.9. The average Bonchev–Trinajstić information content (AvgIpc) is 3.69. The molecule has 1 heterocycles. The number of rotatable bonds is 6. The molecular formula is C51H50N2. The summed E-state index contributed by atoms with van der Waals surface area (Å²) in [5.74, 6) is 5.85. The van der Waals surface area contributed by atoms with Crippen LogP contribution in [0.2, 0.25) is 0 Å². The van der Waals surface area contributed by atoms with E-state index in [1.54, 1.807) is 11.1 Å². The third-order valence-corrected chi connectivity index (χ3v) is 16.9. The van der Waals surface area contributed by atoms with Crippen molar-refractivity contribution in [1.82, 2.24) is 4.57 Å². The van der Waals surface area contributed by atoms with Crippen LogP contribution in [-0.2, 0) is 10.8 Å². The summed E-state index contributed by atoms with van der Waals surface area (Å²) < 4.78 is 2.43. The molecular weight excluding hydrogens is 641 g/mol. The van der Waals surface area contributed by atoms with Crippen molar-refractivity contribution in [2.45, 2.75) is 87.9 Å². The van der Waals surface area contributed by atoms with Gasteiger partial charge in [0.05, 0.1) is 11.0 Å². The highest BCUT2D eigenvalue weighted by atomic mass is 15.1. The lowest BCUT2D eigenvalue weighted by molar-refractivity contribution is -0.0355. The molecule has 5 unspecified atom stereocenters. The Morgan fingerprint density at radius 1 is 0.453 bits per heavy atom. The van der Waals surface area contributed by atoms with Gasteiger partial charge in [-0.25, -0.2) is 0 Å². The van der Waals surface area contributed by atoms with Crippen LogP contribution in [0.25, 0.3) is 27.5 Å². The first kappa shape index (κ1) is 30.1. The van der Waals surface area contributed by atoms with Crippen molar-refractivity contribution < 1.29 is 0 Å². The molecule has 0 amide bonds. The Labute approximate surface area is 314 Å². The molecule has 7 bridgehead atoms. The average molecular weight is 691 g/mol. The van der Waals surface area contributed by atoms with Gasteiger partial charge in [0.15, 0.2) is 0 Å². The SMILES string of the molecule is c1ccc(-n2c3ccccc3c3cc(N(c4ccc(C56CC7CC(CC(C7)C5)C6)cc4)c4ccc(C56CC7CC8CC(C5)C6(C8)C7)cc4)ccc32)cc1. The fourth-order valence-corrected chi connectivity index (χ4v) is 15.7. The van der Waals surface area contributed by atoms with Gasteiger partial charge in [-0.05, 0) is 195 Å². The normalized spacial score (nSPS) is 35.6. The molecule has 0 aliphatic heterocycles. The smallest absolute Gasteiger partial charge is 0.0542 e. The molecule has 8 aliphatic rings. The van der Waals surface area contributed by atoms with Crippen LogP contribution in [0.3, 0.4) is 0 Å². The molecule has 2 heteroatoms. The summed E-state index contributed by atoms with van der Waals surface area (Å²) in [4.78, 5) is 2.56. The molecule has 53 heavy (non-hydrogen) atoms. The maximum Gasteiger partial charge on any atom is 0.0542 e. The van der Waals surface area contributed by atoms with Gasteiger partial charge in [0, 0.05) is 38.9 Å². The van der Waals surface area contributed by atoms with Crippen LogP contribution in [0.15, 0.2) is 121 Å². The number of hydrogen-bond donors (Lipinski definition) is 0. The van der Waals surface area contributed by atoms with E-state index in [1.807, 2.05) is 0 Å². The Bertz CT molecular complexity index is 2380. The maximum atomic E-state index is 2.56. The molecule has 1 aromatic heterocycles. The molecule has 8 aliphatic carbocycles. The second kappa shape index (κ2) is 10.5. The van der Waals surface area contributed by atoms with E-state index >= 15 is 0 Å². The van der Waals surface area contributed by atoms with Gasteiger partial charge in [0.25, 0.3) is 0 Å². The zero-order valence-corrected chi connectivity index (χ0v) is 30.9. The minimum absolute atomic E-state index is 0.413. The van der Waals surface area contributed by atoms with Crippen molar-refractivity contribution in [2.24, 2.45) is 40.9 Å². The van der Waals surface area contributed by atoms with Crippen LogP contribution >= 0.6 is 0 Å². The van der Waals surface area contributed by atoms with Crippen molar-refractivity contribution in [3.63, 3.8) is 0 Å². The predicted molar refractivity (Wildman–Crippen MR) is 218 cm³/mol. The third-order valence-electron chi connectivity index (χ3n) is 16.9. The molecule has 0 radical (unpaired) electrons. The van der Waals surface area contributed by atoms with E-state index in [4.69, 9.17) is 0 Å². The third kappa shape index (κ3) is 4.01. The Morgan fingerprint density at radius 2 is 1.04 bits per heavy atom. The van der Waals surface area contributed by atoms with Crippen molar-refractivity contribution >= 4 is 38.9 Å². The van der Waals surface area contributed by atoms with E-state index in [1.165, 1.54) is 122 Å². The first-order valence-corrected chi connectivity index (χ1v) is 21.2. The standard InChI is InChI=1S/C51H50N2/c1-2-6-41(7-3-1)53-47-9-5-4-8-45(47)46-25-44(18-19-48(46)53)52(42-14-10-38(11-15-42)49-26-33-20-34(27-49)22-35(21-33)28-49)43-16-12-39(13-17-43)51-31-37-23-36-24-40(32-51)50(51,29-36)30-37/h1-19,25,33-37,40H,20-24,26-32H2. The van der Waals surface area contributed by atoms with Gasteiger partial charge >= 0.3 is 0 Å². The number of fused-ring (bicyclic) bond motifs is 5. The first-order chi connectivity index (χ1) is 26.1. The lowest BCUT2D eigenvalue weighted by Crippen LogP contribution is -2.55. The highest BCUT2D eigenvalue weighted by molar-refractivity contribution is 6.10. The van der Waals surface area contributed by atoms with Crippen molar-refractivity contribution in [3.8, 4) is 5.69 Å². The first-order valence-electron chi connectivity index (χ1n) is 21.2. The largest absolute Gasteiger partial charge is 0.310 e. The molecule has 1 spiro atoms. The highest BCUT2D eigenvalue weighted by Gasteiger charge is 2.74. The highest BCUT2D eigenvalue weighted by Crippen LogP contribution is 2.81. The van der Waals surface area contributed by atoms with E-state index in [-0.39, 0.29) is 0 Å². The molecule has 5 atom stereocenters. The van der Waals surface area contributed by atoms with Gasteiger partial charge in [-0.15, -0.1) is 0 Å².